The second-order valence-corrected chi connectivity index (χ2v) is 4.93. The van der Waals surface area contributed by atoms with Crippen molar-refractivity contribution in [1.82, 2.24) is 4.98 Å². The second-order valence-electron chi connectivity index (χ2n) is 4.17. The Kier molecular flexibility index (Phi) is 2.56. The summed E-state index contributed by atoms with van der Waals surface area (Å²) in [7, 11) is 0. The SMILES string of the molecule is Brc1ncc(N2CCCC2)c2ccccc12. The zero-order valence-electron chi connectivity index (χ0n) is 8.99. The lowest BCUT2D eigenvalue weighted by Gasteiger charge is -2.19. The van der Waals surface area contributed by atoms with Crippen LogP contribution >= 0.6 is 15.9 Å². The topological polar surface area (TPSA) is 16.1 Å². The summed E-state index contributed by atoms with van der Waals surface area (Å²) in [6.07, 6.45) is 4.58. The van der Waals surface area contributed by atoms with E-state index >= 15 is 0 Å². The number of pyridine rings is 1. The molecule has 1 saturated heterocycles. The van der Waals surface area contributed by atoms with Crippen molar-refractivity contribution in [2.75, 3.05) is 18.0 Å². The van der Waals surface area contributed by atoms with Crippen molar-refractivity contribution in [2.45, 2.75) is 12.8 Å². The number of hydrogen-bond donors (Lipinski definition) is 0. The van der Waals surface area contributed by atoms with E-state index in [0.717, 1.165) is 17.7 Å². The first-order valence-corrected chi connectivity index (χ1v) is 6.44. The average molecular weight is 277 g/mol. The molecule has 0 aliphatic carbocycles. The molecule has 2 heterocycles. The highest BCUT2D eigenvalue weighted by Gasteiger charge is 2.15. The van der Waals surface area contributed by atoms with Crippen LogP contribution < -0.4 is 4.90 Å². The van der Waals surface area contributed by atoms with Gasteiger partial charge in [-0.2, -0.15) is 0 Å². The molecule has 1 aliphatic heterocycles. The second kappa shape index (κ2) is 4.06. The van der Waals surface area contributed by atoms with Gasteiger partial charge >= 0.3 is 0 Å². The molecular weight excluding hydrogens is 264 g/mol. The minimum Gasteiger partial charge on any atom is -0.370 e. The van der Waals surface area contributed by atoms with E-state index in [1.807, 2.05) is 6.20 Å². The third kappa shape index (κ3) is 1.59. The molecule has 1 fully saturated rings. The van der Waals surface area contributed by atoms with E-state index in [-0.39, 0.29) is 0 Å². The lowest BCUT2D eigenvalue weighted by Crippen LogP contribution is -2.18. The summed E-state index contributed by atoms with van der Waals surface area (Å²) in [6.45, 7) is 2.32. The smallest absolute Gasteiger partial charge is 0.114 e. The molecule has 0 bridgehead atoms. The van der Waals surface area contributed by atoms with Gasteiger partial charge in [-0.05, 0) is 28.8 Å². The van der Waals surface area contributed by atoms with Crippen molar-refractivity contribution in [2.24, 2.45) is 0 Å². The monoisotopic (exact) mass is 276 g/mol. The van der Waals surface area contributed by atoms with Gasteiger partial charge in [0.25, 0.3) is 0 Å². The Morgan fingerprint density at radius 2 is 1.75 bits per heavy atom. The molecule has 3 rings (SSSR count). The molecule has 0 atom stereocenters. The van der Waals surface area contributed by atoms with Gasteiger partial charge in [0.15, 0.2) is 0 Å². The number of fused-ring (bicyclic) bond motifs is 1. The van der Waals surface area contributed by atoms with Crippen LogP contribution in [0.25, 0.3) is 10.8 Å². The van der Waals surface area contributed by atoms with Gasteiger partial charge in [0.1, 0.15) is 4.60 Å². The molecule has 0 radical (unpaired) electrons. The lowest BCUT2D eigenvalue weighted by molar-refractivity contribution is 0.949. The third-order valence-electron chi connectivity index (χ3n) is 3.17. The Balaban J connectivity index is 2.21. The molecule has 1 aliphatic rings. The Morgan fingerprint density at radius 1 is 1.06 bits per heavy atom. The highest BCUT2D eigenvalue weighted by Crippen LogP contribution is 2.31. The van der Waals surface area contributed by atoms with E-state index in [1.165, 1.54) is 29.3 Å². The van der Waals surface area contributed by atoms with Crippen molar-refractivity contribution in [1.29, 1.82) is 0 Å². The highest BCUT2D eigenvalue weighted by molar-refractivity contribution is 9.10. The van der Waals surface area contributed by atoms with Crippen molar-refractivity contribution in [3.05, 3.63) is 35.1 Å². The highest BCUT2D eigenvalue weighted by atomic mass is 79.9. The molecule has 2 nitrogen and oxygen atoms in total. The maximum Gasteiger partial charge on any atom is 0.114 e. The molecular formula is C13H13BrN2. The van der Waals surface area contributed by atoms with Crippen LogP contribution in [0.1, 0.15) is 12.8 Å². The number of rotatable bonds is 1. The minimum atomic E-state index is 0.936. The Labute approximate surface area is 103 Å². The molecule has 0 saturated carbocycles. The fourth-order valence-corrected chi connectivity index (χ4v) is 2.80. The molecule has 16 heavy (non-hydrogen) atoms. The van der Waals surface area contributed by atoms with E-state index in [1.54, 1.807) is 0 Å². The summed E-state index contributed by atoms with van der Waals surface area (Å²) < 4.78 is 0.936. The first-order chi connectivity index (χ1) is 7.86. The molecule has 82 valence electrons. The molecule has 2 aromatic rings. The summed E-state index contributed by atoms with van der Waals surface area (Å²) in [5.74, 6) is 0. The first-order valence-electron chi connectivity index (χ1n) is 5.64. The van der Waals surface area contributed by atoms with E-state index in [0.29, 0.717) is 0 Å². The van der Waals surface area contributed by atoms with Crippen molar-refractivity contribution in [3.8, 4) is 0 Å². The Morgan fingerprint density at radius 3 is 2.50 bits per heavy atom. The minimum absolute atomic E-state index is 0.936. The van der Waals surface area contributed by atoms with Crippen LogP contribution in [0.2, 0.25) is 0 Å². The summed E-state index contributed by atoms with van der Waals surface area (Å²) in [5.41, 5.74) is 1.27. The Bertz CT molecular complexity index is 518. The van der Waals surface area contributed by atoms with Crippen LogP contribution in [0.15, 0.2) is 35.1 Å². The summed E-state index contributed by atoms with van der Waals surface area (Å²) in [5, 5.41) is 2.50. The molecule has 1 aromatic carbocycles. The van der Waals surface area contributed by atoms with Gasteiger partial charge in [0, 0.05) is 23.9 Å². The zero-order chi connectivity index (χ0) is 11.0. The van der Waals surface area contributed by atoms with Crippen LogP contribution in [0.4, 0.5) is 5.69 Å². The van der Waals surface area contributed by atoms with E-state index < -0.39 is 0 Å². The van der Waals surface area contributed by atoms with E-state index in [4.69, 9.17) is 0 Å². The van der Waals surface area contributed by atoms with Crippen LogP contribution in [0, 0.1) is 0 Å². The predicted molar refractivity (Wildman–Crippen MR) is 70.9 cm³/mol. The number of hydrogen-bond acceptors (Lipinski definition) is 2. The average Bonchev–Trinajstić information content (AvgIpc) is 2.83. The molecule has 0 amide bonds. The van der Waals surface area contributed by atoms with Crippen molar-refractivity contribution in [3.63, 3.8) is 0 Å². The normalized spacial score (nSPS) is 15.9. The van der Waals surface area contributed by atoms with Gasteiger partial charge in [-0.1, -0.05) is 24.3 Å². The number of nitrogens with zero attached hydrogens (tertiary/aromatic N) is 2. The fourth-order valence-electron chi connectivity index (χ4n) is 2.35. The number of halogens is 1. The van der Waals surface area contributed by atoms with Gasteiger partial charge in [-0.3, -0.25) is 0 Å². The summed E-state index contributed by atoms with van der Waals surface area (Å²) in [6, 6.07) is 8.44. The molecule has 0 N–H and O–H groups in total. The standard InChI is InChI=1S/C13H13BrN2/c14-13-11-6-2-1-5-10(11)12(9-15-13)16-7-3-4-8-16/h1-2,5-6,9H,3-4,7-8H2. The summed E-state index contributed by atoms with van der Waals surface area (Å²) >= 11 is 3.51. The summed E-state index contributed by atoms with van der Waals surface area (Å²) in [4.78, 5) is 6.86. The largest absolute Gasteiger partial charge is 0.370 e. The number of anilines is 1. The molecule has 0 unspecified atom stereocenters. The van der Waals surface area contributed by atoms with Gasteiger partial charge < -0.3 is 4.90 Å². The number of benzene rings is 1. The fraction of sp³-hybridized carbons (Fsp3) is 0.308. The quantitative estimate of drug-likeness (QED) is 0.740. The molecule has 3 heteroatoms. The molecule has 0 spiro atoms. The third-order valence-corrected chi connectivity index (χ3v) is 3.80. The molecule has 1 aromatic heterocycles. The van der Waals surface area contributed by atoms with E-state index in [2.05, 4.69) is 50.1 Å². The van der Waals surface area contributed by atoms with Gasteiger partial charge in [0.2, 0.25) is 0 Å². The number of aromatic nitrogens is 1. The van der Waals surface area contributed by atoms with Gasteiger partial charge in [0.05, 0.1) is 11.9 Å². The maximum atomic E-state index is 4.43. The van der Waals surface area contributed by atoms with Crippen LogP contribution in [0.3, 0.4) is 0 Å². The van der Waals surface area contributed by atoms with Crippen molar-refractivity contribution >= 4 is 32.4 Å². The van der Waals surface area contributed by atoms with Gasteiger partial charge in [-0.25, -0.2) is 4.98 Å². The van der Waals surface area contributed by atoms with Crippen molar-refractivity contribution < 1.29 is 0 Å². The lowest BCUT2D eigenvalue weighted by atomic mass is 10.1. The zero-order valence-corrected chi connectivity index (χ0v) is 10.6. The van der Waals surface area contributed by atoms with E-state index in [9.17, 15) is 0 Å². The first kappa shape index (κ1) is 10.1. The van der Waals surface area contributed by atoms with Crippen LogP contribution in [-0.4, -0.2) is 18.1 Å². The van der Waals surface area contributed by atoms with Crippen LogP contribution in [0.5, 0.6) is 0 Å². The Hall–Kier alpha value is -1.09. The predicted octanol–water partition coefficient (Wildman–Crippen LogP) is 3.60. The van der Waals surface area contributed by atoms with Crippen LogP contribution in [-0.2, 0) is 0 Å². The maximum absolute atomic E-state index is 4.43. The van der Waals surface area contributed by atoms with Gasteiger partial charge in [-0.15, -0.1) is 0 Å².